The van der Waals surface area contributed by atoms with Crippen LogP contribution in [0.1, 0.15) is 40.6 Å². The zero-order valence-corrected chi connectivity index (χ0v) is 12.3. The third-order valence-electron chi connectivity index (χ3n) is 3.87. The van der Waals surface area contributed by atoms with Crippen LogP contribution in [0.3, 0.4) is 0 Å². The van der Waals surface area contributed by atoms with Gasteiger partial charge in [0.2, 0.25) is 0 Å². The lowest BCUT2D eigenvalue weighted by atomic mass is 10.1. The molecule has 3 rings (SSSR count). The Kier molecular flexibility index (Phi) is 3.30. The Morgan fingerprint density at radius 2 is 2.35 bits per heavy atom. The van der Waals surface area contributed by atoms with Crippen LogP contribution >= 0.6 is 11.6 Å². The van der Waals surface area contributed by atoms with Crippen LogP contribution in [0, 0.1) is 6.92 Å². The molecule has 0 spiro atoms. The predicted molar refractivity (Wildman–Crippen MR) is 76.8 cm³/mol. The van der Waals surface area contributed by atoms with Gasteiger partial charge in [0, 0.05) is 25.4 Å². The van der Waals surface area contributed by atoms with E-state index in [-0.39, 0.29) is 11.9 Å². The van der Waals surface area contributed by atoms with Crippen LogP contribution in [0.5, 0.6) is 0 Å². The molecule has 0 saturated carbocycles. The Morgan fingerprint density at radius 1 is 1.55 bits per heavy atom. The number of aromatic amines is 1. The molecule has 1 saturated heterocycles. The summed E-state index contributed by atoms with van der Waals surface area (Å²) in [6.45, 7) is 2.70. The van der Waals surface area contributed by atoms with E-state index in [0.717, 1.165) is 30.6 Å². The smallest absolute Gasteiger partial charge is 0.270 e. The molecule has 0 unspecified atom stereocenters. The van der Waals surface area contributed by atoms with E-state index < -0.39 is 0 Å². The normalized spacial score (nSPS) is 18.8. The van der Waals surface area contributed by atoms with E-state index in [1.807, 2.05) is 24.9 Å². The molecule has 1 amide bonds. The summed E-state index contributed by atoms with van der Waals surface area (Å²) in [7, 11) is 1.82. The van der Waals surface area contributed by atoms with Crippen molar-refractivity contribution in [3.05, 3.63) is 40.4 Å². The van der Waals surface area contributed by atoms with Crippen LogP contribution in [-0.2, 0) is 7.05 Å². The van der Waals surface area contributed by atoms with Crippen LogP contribution in [0.15, 0.2) is 18.3 Å². The van der Waals surface area contributed by atoms with Gasteiger partial charge in [-0.25, -0.2) is 0 Å². The summed E-state index contributed by atoms with van der Waals surface area (Å²) in [6.07, 6.45) is 3.68. The Bertz CT molecular complexity index is 632. The Morgan fingerprint density at radius 3 is 2.95 bits per heavy atom. The zero-order valence-electron chi connectivity index (χ0n) is 11.6. The summed E-state index contributed by atoms with van der Waals surface area (Å²) in [5.74, 6) is 0.0248. The van der Waals surface area contributed by atoms with Gasteiger partial charge in [-0.3, -0.25) is 9.48 Å². The van der Waals surface area contributed by atoms with Gasteiger partial charge >= 0.3 is 0 Å². The van der Waals surface area contributed by atoms with Gasteiger partial charge in [-0.15, -0.1) is 0 Å². The number of hydrogen-bond donors (Lipinski definition) is 1. The molecule has 0 aliphatic carbocycles. The number of hydrogen-bond acceptors (Lipinski definition) is 2. The highest BCUT2D eigenvalue weighted by molar-refractivity contribution is 6.30. The van der Waals surface area contributed by atoms with Crippen molar-refractivity contribution in [3.63, 3.8) is 0 Å². The lowest BCUT2D eigenvalue weighted by Gasteiger charge is -2.24. The maximum absolute atomic E-state index is 12.5. The second-order valence-electron chi connectivity index (χ2n) is 5.15. The van der Waals surface area contributed by atoms with Crippen molar-refractivity contribution in [3.8, 4) is 0 Å². The molecule has 1 aliphatic heterocycles. The Hall–Kier alpha value is -1.75. The summed E-state index contributed by atoms with van der Waals surface area (Å²) in [5.41, 5.74) is 2.50. The fraction of sp³-hybridized carbons (Fsp3) is 0.429. The van der Waals surface area contributed by atoms with Crippen LogP contribution < -0.4 is 0 Å². The van der Waals surface area contributed by atoms with E-state index in [1.165, 1.54) is 0 Å². The zero-order chi connectivity index (χ0) is 14.3. The minimum Gasteiger partial charge on any atom is -0.357 e. The van der Waals surface area contributed by atoms with Crippen LogP contribution in [0.2, 0.25) is 5.15 Å². The molecule has 106 valence electrons. The van der Waals surface area contributed by atoms with Crippen molar-refractivity contribution < 1.29 is 4.79 Å². The Labute approximate surface area is 122 Å². The summed E-state index contributed by atoms with van der Waals surface area (Å²) in [6, 6.07) is 3.66. The number of halogens is 1. The average molecular weight is 293 g/mol. The van der Waals surface area contributed by atoms with E-state index in [2.05, 4.69) is 10.1 Å². The van der Waals surface area contributed by atoms with Gasteiger partial charge in [-0.1, -0.05) is 11.6 Å². The molecule has 0 aromatic carbocycles. The van der Waals surface area contributed by atoms with Gasteiger partial charge < -0.3 is 9.88 Å². The second-order valence-corrected chi connectivity index (χ2v) is 5.51. The number of aryl methyl sites for hydroxylation is 2. The van der Waals surface area contributed by atoms with Crippen molar-refractivity contribution >= 4 is 17.5 Å². The van der Waals surface area contributed by atoms with Gasteiger partial charge in [0.05, 0.1) is 11.7 Å². The number of H-pyrrole nitrogens is 1. The molecule has 6 heteroatoms. The predicted octanol–water partition coefficient (Wildman–Crippen LogP) is 2.69. The third-order valence-corrected chi connectivity index (χ3v) is 4.32. The second kappa shape index (κ2) is 4.98. The number of carbonyl (C=O) groups is 1. The molecule has 0 bridgehead atoms. The summed E-state index contributed by atoms with van der Waals surface area (Å²) < 4.78 is 1.67. The molecule has 1 atom stereocenters. The fourth-order valence-electron chi connectivity index (χ4n) is 2.95. The van der Waals surface area contributed by atoms with E-state index >= 15 is 0 Å². The lowest BCUT2D eigenvalue weighted by molar-refractivity contribution is 0.0730. The molecule has 1 aliphatic rings. The van der Waals surface area contributed by atoms with E-state index in [9.17, 15) is 4.79 Å². The maximum Gasteiger partial charge on any atom is 0.270 e. The highest BCUT2D eigenvalue weighted by atomic mass is 35.5. The number of nitrogens with one attached hydrogen (secondary N) is 1. The first-order valence-corrected chi connectivity index (χ1v) is 7.10. The van der Waals surface area contributed by atoms with E-state index in [0.29, 0.717) is 10.8 Å². The highest BCUT2D eigenvalue weighted by Crippen LogP contribution is 2.38. The highest BCUT2D eigenvalue weighted by Gasteiger charge is 2.34. The first-order valence-electron chi connectivity index (χ1n) is 6.73. The molecule has 1 N–H and O–H groups in total. The fourth-order valence-corrected chi connectivity index (χ4v) is 3.25. The molecular formula is C14H17ClN4O. The Balaban J connectivity index is 1.95. The molecule has 1 fully saturated rings. The minimum atomic E-state index is 0.0204. The van der Waals surface area contributed by atoms with Gasteiger partial charge in [-0.05, 0) is 31.9 Å². The summed E-state index contributed by atoms with van der Waals surface area (Å²) >= 11 is 6.34. The minimum absolute atomic E-state index is 0.0204. The maximum atomic E-state index is 12.5. The van der Waals surface area contributed by atoms with Gasteiger partial charge in [0.1, 0.15) is 10.8 Å². The number of carbonyl (C=O) groups excluding carboxylic acids is 1. The molecule has 2 aromatic rings. The van der Waals surface area contributed by atoms with Crippen molar-refractivity contribution in [2.45, 2.75) is 25.8 Å². The largest absolute Gasteiger partial charge is 0.357 e. The quantitative estimate of drug-likeness (QED) is 0.925. The van der Waals surface area contributed by atoms with Crippen LogP contribution in [0.25, 0.3) is 0 Å². The molecular weight excluding hydrogens is 276 g/mol. The number of rotatable bonds is 2. The van der Waals surface area contributed by atoms with Crippen molar-refractivity contribution in [2.24, 2.45) is 7.05 Å². The number of amides is 1. The number of nitrogens with zero attached hydrogens (tertiary/aromatic N) is 3. The van der Waals surface area contributed by atoms with Crippen molar-refractivity contribution in [1.29, 1.82) is 0 Å². The first-order chi connectivity index (χ1) is 9.59. The molecule has 3 heterocycles. The monoisotopic (exact) mass is 292 g/mol. The molecule has 2 aromatic heterocycles. The average Bonchev–Trinajstić information content (AvgIpc) is 3.12. The topological polar surface area (TPSA) is 53.9 Å². The first kappa shape index (κ1) is 13.2. The molecule has 5 nitrogen and oxygen atoms in total. The van der Waals surface area contributed by atoms with E-state index in [1.54, 1.807) is 16.9 Å². The summed E-state index contributed by atoms with van der Waals surface area (Å²) in [4.78, 5) is 17.4. The van der Waals surface area contributed by atoms with Crippen LogP contribution in [0.4, 0.5) is 0 Å². The molecule has 20 heavy (non-hydrogen) atoms. The van der Waals surface area contributed by atoms with Gasteiger partial charge in [0.25, 0.3) is 5.91 Å². The van der Waals surface area contributed by atoms with E-state index in [4.69, 9.17) is 11.6 Å². The SMILES string of the molecule is Cc1nn(C)c(Cl)c1[C@H]1CCCN1C(=O)c1ccc[nH]1. The third kappa shape index (κ3) is 2.02. The lowest BCUT2D eigenvalue weighted by Crippen LogP contribution is -2.31. The van der Waals surface area contributed by atoms with Crippen molar-refractivity contribution in [2.75, 3.05) is 6.54 Å². The van der Waals surface area contributed by atoms with Crippen LogP contribution in [-0.4, -0.2) is 32.1 Å². The van der Waals surface area contributed by atoms with Crippen molar-refractivity contribution in [1.82, 2.24) is 19.7 Å². The number of aromatic nitrogens is 3. The van der Waals surface area contributed by atoms with Gasteiger partial charge in [-0.2, -0.15) is 5.10 Å². The molecule has 0 radical (unpaired) electrons. The van der Waals surface area contributed by atoms with Gasteiger partial charge in [0.15, 0.2) is 0 Å². The summed E-state index contributed by atoms with van der Waals surface area (Å²) in [5, 5.41) is 4.97. The standard InChI is InChI=1S/C14H17ClN4O/c1-9-12(13(15)18(2)17-9)11-6-4-8-19(11)14(20)10-5-3-7-16-10/h3,5,7,11,16H,4,6,8H2,1-2H3/t11-/m1/s1. The number of likely N-dealkylation sites (tertiary alicyclic amines) is 1.